The van der Waals surface area contributed by atoms with E-state index in [4.69, 9.17) is 4.74 Å². The van der Waals surface area contributed by atoms with E-state index < -0.39 is 17.6 Å². The number of ketones is 2. The first-order valence-corrected chi connectivity index (χ1v) is 9.63. The van der Waals surface area contributed by atoms with Crippen LogP contribution in [0, 0.1) is 22.5 Å². The molecule has 0 radical (unpaired) electrons. The van der Waals surface area contributed by atoms with E-state index in [0.29, 0.717) is 48.3 Å². The van der Waals surface area contributed by atoms with Crippen molar-refractivity contribution in [1.29, 1.82) is 0 Å². The number of Topliss-reactive ketones (excluding diaryl/α,β-unsaturated/α-hetero) is 2. The molecule has 1 aliphatic heterocycles. The Morgan fingerprint density at radius 3 is 1.82 bits per heavy atom. The smallest absolute Gasteiger partial charge is 0.163 e. The summed E-state index contributed by atoms with van der Waals surface area (Å²) >= 11 is 0. The molecule has 5 heteroatoms. The molecule has 0 bridgehead atoms. The SMILES string of the molecule is CC1(C)CC(=O)C2=C(C1)OC1=C(C(=O)CC(C)(C)C1)C2c1ccc(F)cc1F. The first-order chi connectivity index (χ1) is 13.0. The molecule has 1 aromatic carbocycles. The summed E-state index contributed by atoms with van der Waals surface area (Å²) in [7, 11) is 0. The van der Waals surface area contributed by atoms with Crippen LogP contribution in [0.15, 0.2) is 40.9 Å². The van der Waals surface area contributed by atoms with Crippen LogP contribution in [0.5, 0.6) is 0 Å². The minimum absolute atomic E-state index is 0.135. The first-order valence-electron chi connectivity index (χ1n) is 9.63. The lowest BCUT2D eigenvalue weighted by atomic mass is 9.65. The molecule has 1 aromatic rings. The molecule has 0 spiro atoms. The van der Waals surface area contributed by atoms with Crippen LogP contribution in [0.3, 0.4) is 0 Å². The molecule has 0 N–H and O–H groups in total. The monoisotopic (exact) mass is 386 g/mol. The molecule has 148 valence electrons. The van der Waals surface area contributed by atoms with Crippen LogP contribution in [0.1, 0.15) is 64.9 Å². The van der Waals surface area contributed by atoms with Crippen LogP contribution in [0.2, 0.25) is 0 Å². The summed E-state index contributed by atoms with van der Waals surface area (Å²) in [5.41, 5.74) is 0.335. The Labute approximate surface area is 163 Å². The van der Waals surface area contributed by atoms with Crippen molar-refractivity contribution in [3.8, 4) is 0 Å². The molecule has 28 heavy (non-hydrogen) atoms. The van der Waals surface area contributed by atoms with Gasteiger partial charge in [-0.1, -0.05) is 33.8 Å². The Bertz CT molecular complexity index is 914. The van der Waals surface area contributed by atoms with E-state index in [1.54, 1.807) is 0 Å². The number of benzene rings is 1. The number of allylic oxidation sites excluding steroid dienone is 4. The van der Waals surface area contributed by atoms with Crippen LogP contribution < -0.4 is 0 Å². The summed E-state index contributed by atoms with van der Waals surface area (Å²) in [5, 5.41) is 0. The van der Waals surface area contributed by atoms with Gasteiger partial charge in [-0.25, -0.2) is 8.78 Å². The average molecular weight is 386 g/mol. The summed E-state index contributed by atoms with van der Waals surface area (Å²) in [5.74, 6) is -1.48. The van der Waals surface area contributed by atoms with Crippen molar-refractivity contribution in [2.45, 2.75) is 59.3 Å². The third-order valence-electron chi connectivity index (χ3n) is 5.86. The lowest BCUT2D eigenvalue weighted by molar-refractivity contribution is -0.120. The molecule has 4 rings (SSSR count). The third kappa shape index (κ3) is 3.11. The quantitative estimate of drug-likeness (QED) is 0.652. The molecule has 2 aliphatic carbocycles. The van der Waals surface area contributed by atoms with Gasteiger partial charge in [-0.05, 0) is 16.9 Å². The number of ether oxygens (including phenoxy) is 1. The Kier molecular flexibility index (Phi) is 4.15. The highest BCUT2D eigenvalue weighted by Crippen LogP contribution is 2.53. The number of rotatable bonds is 1. The van der Waals surface area contributed by atoms with Gasteiger partial charge in [0.1, 0.15) is 23.2 Å². The zero-order valence-corrected chi connectivity index (χ0v) is 16.6. The highest BCUT2D eigenvalue weighted by Gasteiger charge is 2.48. The highest BCUT2D eigenvalue weighted by molar-refractivity contribution is 6.06. The Morgan fingerprint density at radius 2 is 1.36 bits per heavy atom. The molecular weight excluding hydrogens is 362 g/mol. The standard InChI is InChI=1S/C23H24F2O3/c1-22(2)8-15(26)20-17(10-22)28-18-11-23(3,4)9-16(27)21(18)19(20)13-6-5-12(24)7-14(13)25/h5-7,19H,8-11H2,1-4H3. The van der Waals surface area contributed by atoms with Crippen LogP contribution in [0.4, 0.5) is 8.78 Å². The zero-order valence-electron chi connectivity index (χ0n) is 16.6. The molecule has 0 saturated heterocycles. The topological polar surface area (TPSA) is 43.4 Å². The zero-order chi connectivity index (χ0) is 20.4. The van der Waals surface area contributed by atoms with Crippen molar-refractivity contribution in [3.05, 3.63) is 58.1 Å². The fourth-order valence-electron chi connectivity index (χ4n) is 4.72. The second-order valence-corrected chi connectivity index (χ2v) is 9.76. The van der Waals surface area contributed by atoms with Gasteiger partial charge in [0.05, 0.1) is 5.92 Å². The van der Waals surface area contributed by atoms with Gasteiger partial charge in [-0.2, -0.15) is 0 Å². The fourth-order valence-corrected chi connectivity index (χ4v) is 4.72. The van der Waals surface area contributed by atoms with Gasteiger partial charge >= 0.3 is 0 Å². The largest absolute Gasteiger partial charge is 0.465 e. The number of hydrogen-bond donors (Lipinski definition) is 0. The molecule has 3 nitrogen and oxygen atoms in total. The van der Waals surface area contributed by atoms with Crippen molar-refractivity contribution >= 4 is 11.6 Å². The van der Waals surface area contributed by atoms with Gasteiger partial charge in [0.15, 0.2) is 11.6 Å². The number of carbonyl (C=O) groups is 2. The van der Waals surface area contributed by atoms with E-state index in [9.17, 15) is 18.4 Å². The van der Waals surface area contributed by atoms with E-state index >= 15 is 0 Å². The lowest BCUT2D eigenvalue weighted by Crippen LogP contribution is -2.37. The summed E-state index contributed by atoms with van der Waals surface area (Å²) in [6.45, 7) is 7.97. The molecule has 0 unspecified atom stereocenters. The Morgan fingerprint density at radius 1 is 0.857 bits per heavy atom. The number of hydrogen-bond acceptors (Lipinski definition) is 3. The van der Waals surface area contributed by atoms with E-state index in [1.807, 2.05) is 27.7 Å². The Hall–Kier alpha value is -2.30. The summed E-state index contributed by atoms with van der Waals surface area (Å²) in [6, 6.07) is 3.32. The van der Waals surface area contributed by atoms with Crippen LogP contribution in [0.25, 0.3) is 0 Å². The maximum Gasteiger partial charge on any atom is 0.163 e. The minimum Gasteiger partial charge on any atom is -0.465 e. The second-order valence-electron chi connectivity index (χ2n) is 9.76. The van der Waals surface area contributed by atoms with E-state index in [0.717, 1.165) is 6.07 Å². The summed E-state index contributed by atoms with van der Waals surface area (Å²) in [6.07, 6.45) is 1.69. The van der Waals surface area contributed by atoms with Crippen molar-refractivity contribution in [3.63, 3.8) is 0 Å². The third-order valence-corrected chi connectivity index (χ3v) is 5.86. The maximum absolute atomic E-state index is 14.8. The van der Waals surface area contributed by atoms with E-state index in [-0.39, 0.29) is 28.0 Å². The summed E-state index contributed by atoms with van der Waals surface area (Å²) in [4.78, 5) is 26.1. The van der Waals surface area contributed by atoms with Crippen LogP contribution in [-0.4, -0.2) is 11.6 Å². The molecule has 0 amide bonds. The average Bonchev–Trinajstić information content (AvgIpc) is 2.50. The molecule has 0 saturated carbocycles. The molecular formula is C23H24F2O3. The first kappa shape index (κ1) is 19.0. The van der Waals surface area contributed by atoms with Gasteiger partial charge < -0.3 is 4.74 Å². The van der Waals surface area contributed by atoms with Gasteiger partial charge in [0.2, 0.25) is 0 Å². The van der Waals surface area contributed by atoms with Gasteiger partial charge in [0, 0.05) is 48.5 Å². The van der Waals surface area contributed by atoms with Crippen molar-refractivity contribution < 1.29 is 23.1 Å². The molecule has 0 atom stereocenters. The molecule has 1 heterocycles. The fraction of sp³-hybridized carbons (Fsp3) is 0.478. The second kappa shape index (κ2) is 6.10. The molecule has 0 aromatic heterocycles. The predicted molar refractivity (Wildman–Crippen MR) is 100 cm³/mol. The van der Waals surface area contributed by atoms with Gasteiger partial charge in [0.25, 0.3) is 0 Å². The minimum atomic E-state index is -0.827. The van der Waals surface area contributed by atoms with Gasteiger partial charge in [-0.15, -0.1) is 0 Å². The maximum atomic E-state index is 14.8. The van der Waals surface area contributed by atoms with Crippen molar-refractivity contribution in [1.82, 2.24) is 0 Å². The molecule has 3 aliphatic rings. The Balaban J connectivity index is 1.94. The van der Waals surface area contributed by atoms with Crippen LogP contribution >= 0.6 is 0 Å². The van der Waals surface area contributed by atoms with Crippen LogP contribution in [-0.2, 0) is 14.3 Å². The van der Waals surface area contributed by atoms with Gasteiger partial charge in [-0.3, -0.25) is 9.59 Å². The van der Waals surface area contributed by atoms with E-state index in [1.165, 1.54) is 12.1 Å². The highest BCUT2D eigenvalue weighted by atomic mass is 19.1. The number of carbonyl (C=O) groups excluding carboxylic acids is 2. The molecule has 0 fully saturated rings. The van der Waals surface area contributed by atoms with Crippen molar-refractivity contribution in [2.75, 3.05) is 0 Å². The summed E-state index contributed by atoms with van der Waals surface area (Å²) < 4.78 is 34.4. The van der Waals surface area contributed by atoms with Crippen molar-refractivity contribution in [2.24, 2.45) is 10.8 Å². The van der Waals surface area contributed by atoms with E-state index in [2.05, 4.69) is 0 Å². The normalized spacial score (nSPS) is 24.1. The lowest BCUT2D eigenvalue weighted by Gasteiger charge is -2.42. The number of halogens is 2. The predicted octanol–water partition coefficient (Wildman–Crippen LogP) is 5.37.